The number of carbonyl (C=O) groups excluding carboxylic acids is 1. The number of anilines is 2. The van der Waals surface area contributed by atoms with Gasteiger partial charge < -0.3 is 15.8 Å². The summed E-state index contributed by atoms with van der Waals surface area (Å²) in [6.45, 7) is -0.0375. The summed E-state index contributed by atoms with van der Waals surface area (Å²) in [5.41, 5.74) is 6.31. The van der Waals surface area contributed by atoms with Gasteiger partial charge in [-0.15, -0.1) is 0 Å². The maximum absolute atomic E-state index is 12.7. The van der Waals surface area contributed by atoms with Crippen molar-refractivity contribution in [3.05, 3.63) is 24.0 Å². The van der Waals surface area contributed by atoms with E-state index in [0.29, 0.717) is 11.4 Å². The standard InChI is InChI=1S/C9H11FN2O2/c1-14-9(13)5-12-8-4-6(10)2-3-7(8)11/h2-4,12H,5,11H2,1H3. The maximum atomic E-state index is 12.7. The van der Waals surface area contributed by atoms with Crippen molar-refractivity contribution in [1.82, 2.24) is 0 Å². The van der Waals surface area contributed by atoms with Crippen LogP contribution in [0.1, 0.15) is 0 Å². The van der Waals surface area contributed by atoms with Gasteiger partial charge >= 0.3 is 5.97 Å². The average Bonchev–Trinajstić information content (AvgIpc) is 2.19. The second-order valence-corrected chi connectivity index (χ2v) is 2.66. The fraction of sp³-hybridized carbons (Fsp3) is 0.222. The first-order valence-corrected chi connectivity index (χ1v) is 3.99. The van der Waals surface area contributed by atoms with Crippen LogP contribution in [0.3, 0.4) is 0 Å². The Morgan fingerprint density at radius 2 is 2.36 bits per heavy atom. The molecule has 1 aromatic rings. The second-order valence-electron chi connectivity index (χ2n) is 2.66. The van der Waals surface area contributed by atoms with Crippen molar-refractivity contribution in [2.45, 2.75) is 0 Å². The van der Waals surface area contributed by atoms with Gasteiger partial charge in [0.25, 0.3) is 0 Å². The molecular weight excluding hydrogens is 187 g/mol. The van der Waals surface area contributed by atoms with Crippen molar-refractivity contribution >= 4 is 17.3 Å². The van der Waals surface area contributed by atoms with Crippen LogP contribution in [-0.4, -0.2) is 19.6 Å². The zero-order valence-corrected chi connectivity index (χ0v) is 7.71. The van der Waals surface area contributed by atoms with Crippen molar-refractivity contribution in [3.63, 3.8) is 0 Å². The first-order chi connectivity index (χ1) is 6.63. The second kappa shape index (κ2) is 4.45. The Bertz CT molecular complexity index is 342. The van der Waals surface area contributed by atoms with Gasteiger partial charge in [-0.05, 0) is 18.2 Å². The molecular formula is C9H11FN2O2. The van der Waals surface area contributed by atoms with Crippen LogP contribution >= 0.6 is 0 Å². The number of hydrogen-bond donors (Lipinski definition) is 2. The zero-order valence-electron chi connectivity index (χ0n) is 7.71. The normalized spacial score (nSPS) is 9.57. The van der Waals surface area contributed by atoms with Crippen LogP contribution in [0.5, 0.6) is 0 Å². The smallest absolute Gasteiger partial charge is 0.325 e. The number of nitrogens with one attached hydrogen (secondary N) is 1. The molecule has 0 heterocycles. The Morgan fingerprint density at radius 3 is 3.00 bits per heavy atom. The van der Waals surface area contributed by atoms with E-state index in [1.807, 2.05) is 0 Å². The molecule has 0 bridgehead atoms. The number of halogens is 1. The van der Waals surface area contributed by atoms with Crippen molar-refractivity contribution in [3.8, 4) is 0 Å². The van der Waals surface area contributed by atoms with Crippen molar-refractivity contribution in [2.75, 3.05) is 24.7 Å². The number of nitrogens with two attached hydrogens (primary N) is 1. The molecule has 0 amide bonds. The molecule has 14 heavy (non-hydrogen) atoms. The third-order valence-electron chi connectivity index (χ3n) is 1.67. The van der Waals surface area contributed by atoms with E-state index in [9.17, 15) is 9.18 Å². The minimum Gasteiger partial charge on any atom is -0.468 e. The Balaban J connectivity index is 2.66. The molecule has 0 aliphatic heterocycles. The largest absolute Gasteiger partial charge is 0.468 e. The van der Waals surface area contributed by atoms with Gasteiger partial charge in [-0.2, -0.15) is 0 Å². The molecule has 3 N–H and O–H groups in total. The number of hydrogen-bond acceptors (Lipinski definition) is 4. The number of carbonyl (C=O) groups is 1. The highest BCUT2D eigenvalue weighted by Crippen LogP contribution is 2.18. The summed E-state index contributed by atoms with van der Waals surface area (Å²) >= 11 is 0. The maximum Gasteiger partial charge on any atom is 0.325 e. The zero-order chi connectivity index (χ0) is 10.6. The van der Waals surface area contributed by atoms with Gasteiger partial charge in [-0.3, -0.25) is 4.79 Å². The number of methoxy groups -OCH3 is 1. The van der Waals surface area contributed by atoms with Gasteiger partial charge in [0, 0.05) is 0 Å². The van der Waals surface area contributed by atoms with E-state index in [4.69, 9.17) is 5.73 Å². The summed E-state index contributed by atoms with van der Waals surface area (Å²) in [6.07, 6.45) is 0. The van der Waals surface area contributed by atoms with E-state index >= 15 is 0 Å². The van der Waals surface area contributed by atoms with Crippen LogP contribution in [0.2, 0.25) is 0 Å². The number of esters is 1. The molecule has 0 saturated carbocycles. The topological polar surface area (TPSA) is 64.3 Å². The van der Waals surface area contributed by atoms with E-state index in [-0.39, 0.29) is 6.54 Å². The van der Waals surface area contributed by atoms with Gasteiger partial charge in [0.15, 0.2) is 0 Å². The molecule has 0 radical (unpaired) electrons. The SMILES string of the molecule is COC(=O)CNc1cc(F)ccc1N. The van der Waals surface area contributed by atoms with Gasteiger partial charge in [0.1, 0.15) is 12.4 Å². The van der Waals surface area contributed by atoms with Crippen LogP contribution < -0.4 is 11.1 Å². The minimum absolute atomic E-state index is 0.0375. The first kappa shape index (κ1) is 10.3. The molecule has 0 fully saturated rings. The fourth-order valence-electron chi connectivity index (χ4n) is 0.921. The lowest BCUT2D eigenvalue weighted by Gasteiger charge is -2.07. The van der Waals surface area contributed by atoms with E-state index in [2.05, 4.69) is 10.1 Å². The minimum atomic E-state index is -0.436. The van der Waals surface area contributed by atoms with Crippen LogP contribution in [0.15, 0.2) is 18.2 Å². The van der Waals surface area contributed by atoms with Gasteiger partial charge in [0.2, 0.25) is 0 Å². The van der Waals surface area contributed by atoms with Crippen molar-refractivity contribution in [1.29, 1.82) is 0 Å². The third-order valence-corrected chi connectivity index (χ3v) is 1.67. The van der Waals surface area contributed by atoms with Crippen molar-refractivity contribution < 1.29 is 13.9 Å². The van der Waals surface area contributed by atoms with E-state index in [0.717, 1.165) is 0 Å². The molecule has 4 nitrogen and oxygen atoms in total. The van der Waals surface area contributed by atoms with Gasteiger partial charge in [-0.1, -0.05) is 0 Å². The van der Waals surface area contributed by atoms with E-state index < -0.39 is 11.8 Å². The lowest BCUT2D eigenvalue weighted by molar-refractivity contribution is -0.138. The molecule has 1 aromatic carbocycles. The van der Waals surface area contributed by atoms with Gasteiger partial charge in [0.05, 0.1) is 18.5 Å². The van der Waals surface area contributed by atoms with E-state index in [1.165, 1.54) is 25.3 Å². The first-order valence-electron chi connectivity index (χ1n) is 3.99. The Kier molecular flexibility index (Phi) is 3.28. The molecule has 0 aromatic heterocycles. The summed E-state index contributed by atoms with van der Waals surface area (Å²) < 4.78 is 17.1. The Labute approximate surface area is 80.9 Å². The number of rotatable bonds is 3. The summed E-state index contributed by atoms with van der Waals surface area (Å²) in [6, 6.07) is 3.89. The van der Waals surface area contributed by atoms with Crippen LogP contribution in [0, 0.1) is 5.82 Å². The highest BCUT2D eigenvalue weighted by Gasteiger charge is 2.03. The van der Waals surface area contributed by atoms with Crippen LogP contribution in [-0.2, 0) is 9.53 Å². The molecule has 0 unspecified atom stereocenters. The predicted molar refractivity (Wildman–Crippen MR) is 51.3 cm³/mol. The Morgan fingerprint density at radius 1 is 1.64 bits per heavy atom. The molecule has 0 aliphatic carbocycles. The number of nitrogen functional groups attached to an aromatic ring is 1. The van der Waals surface area contributed by atoms with Crippen molar-refractivity contribution in [2.24, 2.45) is 0 Å². The number of benzene rings is 1. The van der Waals surface area contributed by atoms with Crippen LogP contribution in [0.25, 0.3) is 0 Å². The lowest BCUT2D eigenvalue weighted by Crippen LogP contribution is -2.15. The molecule has 76 valence electrons. The highest BCUT2D eigenvalue weighted by atomic mass is 19.1. The quantitative estimate of drug-likeness (QED) is 0.561. The monoisotopic (exact) mass is 198 g/mol. The molecule has 0 aliphatic rings. The predicted octanol–water partition coefficient (Wildman–Crippen LogP) is 0.993. The average molecular weight is 198 g/mol. The molecule has 0 spiro atoms. The molecule has 5 heteroatoms. The molecule has 1 rings (SSSR count). The molecule has 0 atom stereocenters. The van der Waals surface area contributed by atoms with E-state index in [1.54, 1.807) is 0 Å². The van der Waals surface area contributed by atoms with Gasteiger partial charge in [-0.25, -0.2) is 4.39 Å². The lowest BCUT2D eigenvalue weighted by atomic mass is 10.2. The van der Waals surface area contributed by atoms with Crippen LogP contribution in [0.4, 0.5) is 15.8 Å². The summed E-state index contributed by atoms with van der Waals surface area (Å²) in [7, 11) is 1.28. The third kappa shape index (κ3) is 2.62. The Hall–Kier alpha value is -1.78. The summed E-state index contributed by atoms with van der Waals surface area (Å²) in [5, 5.41) is 2.66. The summed E-state index contributed by atoms with van der Waals surface area (Å²) in [4.78, 5) is 10.8. The summed E-state index contributed by atoms with van der Waals surface area (Å²) in [5.74, 6) is -0.847. The molecule has 0 saturated heterocycles. The number of ether oxygens (including phenoxy) is 1. The highest BCUT2D eigenvalue weighted by molar-refractivity contribution is 5.77. The fourth-order valence-corrected chi connectivity index (χ4v) is 0.921.